The number of carbonyl (C=O) groups is 2. The molecule has 0 saturated heterocycles. The quantitative estimate of drug-likeness (QED) is 0.852. The van der Waals surface area contributed by atoms with E-state index >= 15 is 0 Å². The fourth-order valence-electron chi connectivity index (χ4n) is 2.62. The maximum Gasteiger partial charge on any atom is 0.358 e. The molecule has 0 fully saturated rings. The second-order valence-corrected chi connectivity index (χ2v) is 5.50. The van der Waals surface area contributed by atoms with E-state index in [0.29, 0.717) is 18.7 Å². The lowest BCUT2D eigenvalue weighted by molar-refractivity contribution is 0.0592. The molecule has 0 aliphatic carbocycles. The van der Waals surface area contributed by atoms with Crippen molar-refractivity contribution in [2.45, 2.75) is 13.0 Å². The molecular formula is C15H13ClFN3O3. The van der Waals surface area contributed by atoms with Gasteiger partial charge in [0.15, 0.2) is 5.69 Å². The minimum Gasteiger partial charge on any atom is -0.464 e. The Morgan fingerprint density at radius 2 is 2.22 bits per heavy atom. The second kappa shape index (κ2) is 6.00. The summed E-state index contributed by atoms with van der Waals surface area (Å²) in [6.07, 6.45) is 0.425. The lowest BCUT2D eigenvalue weighted by Crippen LogP contribution is -2.36. The Balaban J connectivity index is 1.87. The third kappa shape index (κ3) is 2.68. The molecule has 6 nitrogen and oxygen atoms in total. The first-order valence-electron chi connectivity index (χ1n) is 6.90. The Kier molecular flexibility index (Phi) is 4.04. The van der Waals surface area contributed by atoms with Crippen LogP contribution < -0.4 is 0 Å². The van der Waals surface area contributed by atoms with Crippen molar-refractivity contribution in [1.29, 1.82) is 0 Å². The van der Waals surface area contributed by atoms with Gasteiger partial charge in [0, 0.05) is 12.1 Å². The third-order valence-electron chi connectivity index (χ3n) is 3.78. The molecule has 1 aromatic heterocycles. The van der Waals surface area contributed by atoms with Crippen molar-refractivity contribution in [1.82, 2.24) is 15.1 Å². The number of benzene rings is 1. The van der Waals surface area contributed by atoms with Gasteiger partial charge in [-0.25, -0.2) is 9.18 Å². The van der Waals surface area contributed by atoms with Gasteiger partial charge in [0.25, 0.3) is 5.91 Å². The molecule has 120 valence electrons. The predicted octanol–water partition coefficient (Wildman–Crippen LogP) is 2.19. The van der Waals surface area contributed by atoms with Gasteiger partial charge in [-0.05, 0) is 18.6 Å². The van der Waals surface area contributed by atoms with Crippen molar-refractivity contribution in [3.8, 4) is 0 Å². The van der Waals surface area contributed by atoms with Crippen LogP contribution in [0.25, 0.3) is 0 Å². The number of nitrogens with zero attached hydrogens (tertiary/aromatic N) is 2. The van der Waals surface area contributed by atoms with E-state index in [0.717, 1.165) is 5.56 Å². The van der Waals surface area contributed by atoms with Crippen LogP contribution in [0.2, 0.25) is 5.02 Å². The number of esters is 1. The van der Waals surface area contributed by atoms with Crippen molar-refractivity contribution < 1.29 is 18.7 Å². The summed E-state index contributed by atoms with van der Waals surface area (Å²) < 4.78 is 18.6. The zero-order chi connectivity index (χ0) is 16.6. The number of hydrogen-bond donors (Lipinski definition) is 1. The van der Waals surface area contributed by atoms with Gasteiger partial charge < -0.3 is 9.64 Å². The van der Waals surface area contributed by atoms with Gasteiger partial charge >= 0.3 is 5.97 Å². The number of rotatable bonds is 2. The van der Waals surface area contributed by atoms with E-state index in [2.05, 4.69) is 14.9 Å². The first kappa shape index (κ1) is 15.5. The molecule has 1 amide bonds. The van der Waals surface area contributed by atoms with E-state index in [1.165, 1.54) is 30.2 Å². The molecule has 1 aliphatic heterocycles. The van der Waals surface area contributed by atoms with Gasteiger partial charge in [-0.2, -0.15) is 5.10 Å². The number of carbonyl (C=O) groups excluding carboxylic acids is 2. The second-order valence-electron chi connectivity index (χ2n) is 5.09. The maximum absolute atomic E-state index is 13.9. The Morgan fingerprint density at radius 3 is 2.91 bits per heavy atom. The summed E-state index contributed by atoms with van der Waals surface area (Å²) >= 11 is 5.94. The summed E-state index contributed by atoms with van der Waals surface area (Å²) in [5, 5.41) is 6.74. The molecule has 0 atom stereocenters. The van der Waals surface area contributed by atoms with Crippen molar-refractivity contribution in [2.75, 3.05) is 13.7 Å². The van der Waals surface area contributed by atoms with Crippen LogP contribution in [0, 0.1) is 5.82 Å². The van der Waals surface area contributed by atoms with Crippen LogP contribution in [0.4, 0.5) is 4.39 Å². The topological polar surface area (TPSA) is 75.3 Å². The fraction of sp³-hybridized carbons (Fsp3) is 0.267. The molecule has 23 heavy (non-hydrogen) atoms. The van der Waals surface area contributed by atoms with Crippen molar-refractivity contribution >= 4 is 23.5 Å². The van der Waals surface area contributed by atoms with Gasteiger partial charge in [0.1, 0.15) is 5.82 Å². The van der Waals surface area contributed by atoms with Gasteiger partial charge in [-0.3, -0.25) is 9.89 Å². The van der Waals surface area contributed by atoms with Gasteiger partial charge in [-0.15, -0.1) is 0 Å². The lowest BCUT2D eigenvalue weighted by atomic mass is 10.0. The van der Waals surface area contributed by atoms with Crippen LogP contribution >= 0.6 is 11.6 Å². The lowest BCUT2D eigenvalue weighted by Gasteiger charge is -2.27. The molecular weight excluding hydrogens is 325 g/mol. The van der Waals surface area contributed by atoms with Crippen molar-refractivity contribution in [3.05, 3.63) is 51.6 Å². The number of aromatic amines is 1. The number of aromatic nitrogens is 2. The summed E-state index contributed by atoms with van der Waals surface area (Å²) in [6, 6.07) is 4.11. The molecule has 2 aromatic rings. The van der Waals surface area contributed by atoms with E-state index in [-0.39, 0.29) is 22.8 Å². The van der Waals surface area contributed by atoms with Crippen molar-refractivity contribution in [2.24, 2.45) is 0 Å². The Bertz CT molecular complexity index is 770. The number of hydrogen-bond acceptors (Lipinski definition) is 4. The highest BCUT2D eigenvalue weighted by Gasteiger charge is 2.30. The van der Waals surface area contributed by atoms with Gasteiger partial charge in [-0.1, -0.05) is 17.7 Å². The number of nitrogens with one attached hydrogen (secondary N) is 1. The van der Waals surface area contributed by atoms with Crippen LogP contribution in [0.1, 0.15) is 32.1 Å². The monoisotopic (exact) mass is 337 g/mol. The number of ether oxygens (including phenoxy) is 1. The Hall–Kier alpha value is -2.41. The van der Waals surface area contributed by atoms with Gasteiger partial charge in [0.05, 0.1) is 29.9 Å². The summed E-state index contributed by atoms with van der Waals surface area (Å²) in [4.78, 5) is 25.6. The molecule has 0 spiro atoms. The summed E-state index contributed by atoms with van der Waals surface area (Å²) in [6.45, 7) is 0.531. The van der Waals surface area contributed by atoms with E-state index in [4.69, 9.17) is 11.6 Å². The van der Waals surface area contributed by atoms with Gasteiger partial charge in [0.2, 0.25) is 0 Å². The summed E-state index contributed by atoms with van der Waals surface area (Å²) in [5.74, 6) is -1.68. The largest absolute Gasteiger partial charge is 0.464 e. The SMILES string of the molecule is COC(=O)c1n[nH]c2c1CCN(C(=O)c1c(F)cccc1Cl)C2. The molecule has 1 N–H and O–H groups in total. The minimum atomic E-state index is -0.659. The van der Waals surface area contributed by atoms with E-state index in [9.17, 15) is 14.0 Å². The molecule has 1 aromatic carbocycles. The number of amides is 1. The fourth-order valence-corrected chi connectivity index (χ4v) is 2.86. The van der Waals surface area contributed by atoms with Crippen LogP contribution in [-0.4, -0.2) is 40.6 Å². The average Bonchev–Trinajstić information content (AvgIpc) is 2.96. The molecule has 0 unspecified atom stereocenters. The Morgan fingerprint density at radius 1 is 1.43 bits per heavy atom. The van der Waals surface area contributed by atoms with Crippen LogP contribution in [0.3, 0.4) is 0 Å². The minimum absolute atomic E-state index is 0.0701. The smallest absolute Gasteiger partial charge is 0.358 e. The maximum atomic E-state index is 13.9. The van der Waals surface area contributed by atoms with Crippen molar-refractivity contribution in [3.63, 3.8) is 0 Å². The molecule has 2 heterocycles. The summed E-state index contributed by atoms with van der Waals surface area (Å²) in [5.41, 5.74) is 1.43. The molecule has 8 heteroatoms. The van der Waals surface area contributed by atoms with E-state index in [1.54, 1.807) is 0 Å². The number of halogens is 2. The van der Waals surface area contributed by atoms with Crippen LogP contribution in [0.5, 0.6) is 0 Å². The molecule has 1 aliphatic rings. The zero-order valence-corrected chi connectivity index (χ0v) is 13.0. The molecule has 3 rings (SSSR count). The third-order valence-corrected chi connectivity index (χ3v) is 4.09. The van der Waals surface area contributed by atoms with Crippen LogP contribution in [-0.2, 0) is 17.7 Å². The summed E-state index contributed by atoms with van der Waals surface area (Å²) in [7, 11) is 1.28. The molecule has 0 saturated carbocycles. The first-order valence-corrected chi connectivity index (χ1v) is 7.28. The number of methoxy groups -OCH3 is 1. The van der Waals surface area contributed by atoms with E-state index in [1.807, 2.05) is 0 Å². The number of H-pyrrole nitrogens is 1. The highest BCUT2D eigenvalue weighted by Crippen LogP contribution is 2.25. The number of fused-ring (bicyclic) bond motifs is 1. The van der Waals surface area contributed by atoms with Crippen LogP contribution in [0.15, 0.2) is 18.2 Å². The van der Waals surface area contributed by atoms with E-state index < -0.39 is 17.7 Å². The highest BCUT2D eigenvalue weighted by atomic mass is 35.5. The highest BCUT2D eigenvalue weighted by molar-refractivity contribution is 6.33. The Labute approximate surface area is 136 Å². The first-order chi connectivity index (χ1) is 11.0. The molecule has 0 radical (unpaired) electrons. The standard InChI is InChI=1S/C15H13ClFN3O3/c1-23-15(22)13-8-5-6-20(7-11(8)18-19-13)14(21)12-9(16)3-2-4-10(12)17/h2-4H,5-7H2,1H3,(H,18,19). The predicted molar refractivity (Wildman–Crippen MR) is 79.8 cm³/mol. The normalized spacial score (nSPS) is 13.6. The average molecular weight is 338 g/mol. The molecule has 0 bridgehead atoms. The zero-order valence-electron chi connectivity index (χ0n) is 12.2.